The Hall–Kier alpha value is -1.50. The van der Waals surface area contributed by atoms with Crippen molar-refractivity contribution in [3.05, 3.63) is 18.0 Å². The van der Waals surface area contributed by atoms with E-state index in [2.05, 4.69) is 15.7 Å². The summed E-state index contributed by atoms with van der Waals surface area (Å²) >= 11 is 0. The summed E-state index contributed by atoms with van der Waals surface area (Å²) in [6.45, 7) is 1.41. The number of hydrogen-bond donors (Lipinski definition) is 2. The van der Waals surface area contributed by atoms with Crippen LogP contribution >= 0.6 is 0 Å². The minimum atomic E-state index is -2.60. The van der Waals surface area contributed by atoms with Gasteiger partial charge in [-0.3, -0.25) is 9.48 Å². The van der Waals surface area contributed by atoms with Gasteiger partial charge in [-0.05, 0) is 6.07 Å². The number of fused-ring (bicyclic) bond motifs is 1. The highest BCUT2D eigenvalue weighted by Crippen LogP contribution is 2.37. The maximum absolute atomic E-state index is 12.7. The van der Waals surface area contributed by atoms with Crippen LogP contribution in [0.2, 0.25) is 0 Å². The molecule has 1 atom stereocenters. The van der Waals surface area contributed by atoms with Gasteiger partial charge in [0.25, 0.3) is 5.92 Å². The fraction of sp³-hybridized carbons (Fsp3) is 0.667. The van der Waals surface area contributed by atoms with Gasteiger partial charge in [-0.15, -0.1) is 0 Å². The molecule has 1 aromatic rings. The number of alkyl halides is 2. The van der Waals surface area contributed by atoms with Crippen molar-refractivity contribution in [1.29, 1.82) is 0 Å². The van der Waals surface area contributed by atoms with Gasteiger partial charge >= 0.3 is 0 Å². The lowest BCUT2D eigenvalue weighted by molar-refractivity contribution is -0.130. The third kappa shape index (κ3) is 2.60. The molecule has 2 heterocycles. The molecule has 0 aromatic carbocycles. The zero-order chi connectivity index (χ0) is 13.5. The lowest BCUT2D eigenvalue weighted by atomic mass is 9.88. The summed E-state index contributed by atoms with van der Waals surface area (Å²) in [5, 5.41) is 10.1. The van der Waals surface area contributed by atoms with Crippen molar-refractivity contribution in [3.8, 4) is 0 Å². The van der Waals surface area contributed by atoms with Crippen LogP contribution in [0, 0.1) is 0 Å². The molecule has 1 saturated carbocycles. The summed E-state index contributed by atoms with van der Waals surface area (Å²) in [6, 6.07) is 1.49. The molecule has 7 heteroatoms. The van der Waals surface area contributed by atoms with Crippen molar-refractivity contribution >= 4 is 5.91 Å². The molecule has 1 amide bonds. The van der Waals surface area contributed by atoms with Crippen molar-refractivity contribution in [1.82, 2.24) is 20.4 Å². The number of nitrogens with one attached hydrogen (secondary N) is 2. The number of aromatic nitrogens is 2. The molecule has 2 aliphatic rings. The van der Waals surface area contributed by atoms with Gasteiger partial charge < -0.3 is 10.6 Å². The Bertz CT molecular complexity index is 480. The average molecular weight is 270 g/mol. The monoisotopic (exact) mass is 270 g/mol. The summed E-state index contributed by atoms with van der Waals surface area (Å²) in [4.78, 5) is 11.8. The van der Waals surface area contributed by atoms with E-state index in [0.29, 0.717) is 6.54 Å². The van der Waals surface area contributed by atoms with Crippen LogP contribution in [0.5, 0.6) is 0 Å². The Labute approximate surface area is 109 Å². The summed E-state index contributed by atoms with van der Waals surface area (Å²) in [6.07, 6.45) is 1.49. The fourth-order valence-electron chi connectivity index (χ4n) is 2.69. The molecule has 2 N–H and O–H groups in total. The first-order valence-corrected chi connectivity index (χ1v) is 6.44. The molecule has 0 radical (unpaired) electrons. The van der Waals surface area contributed by atoms with E-state index in [9.17, 15) is 13.6 Å². The van der Waals surface area contributed by atoms with Crippen LogP contribution in [-0.2, 0) is 11.3 Å². The molecule has 19 heavy (non-hydrogen) atoms. The first-order valence-electron chi connectivity index (χ1n) is 6.44. The van der Waals surface area contributed by atoms with E-state index in [1.807, 2.05) is 10.7 Å². The van der Waals surface area contributed by atoms with Gasteiger partial charge in [0, 0.05) is 38.2 Å². The Balaban J connectivity index is 1.54. The van der Waals surface area contributed by atoms with Gasteiger partial charge in [0.05, 0.1) is 18.2 Å². The second kappa shape index (κ2) is 4.56. The SMILES string of the molecule is O=C(C[C@@H]1CNCc2ccnn21)NC1CC(F)(F)C1. The molecule has 3 rings (SSSR count). The highest BCUT2D eigenvalue weighted by Gasteiger charge is 2.46. The van der Waals surface area contributed by atoms with Crippen molar-refractivity contribution in [2.75, 3.05) is 6.54 Å². The summed E-state index contributed by atoms with van der Waals surface area (Å²) in [5.74, 6) is -2.78. The predicted octanol–water partition coefficient (Wildman–Crippen LogP) is 0.831. The maximum Gasteiger partial charge on any atom is 0.252 e. The van der Waals surface area contributed by atoms with Gasteiger partial charge in [0.15, 0.2) is 0 Å². The summed E-state index contributed by atoms with van der Waals surface area (Å²) < 4.78 is 27.2. The van der Waals surface area contributed by atoms with E-state index in [0.717, 1.165) is 12.2 Å². The average Bonchev–Trinajstić information content (AvgIpc) is 2.75. The first-order chi connectivity index (χ1) is 9.03. The highest BCUT2D eigenvalue weighted by molar-refractivity contribution is 5.77. The Morgan fingerprint density at radius 1 is 1.58 bits per heavy atom. The molecular formula is C12H16F2N4O. The van der Waals surface area contributed by atoms with Gasteiger partial charge in [-0.25, -0.2) is 8.78 Å². The molecule has 104 valence electrons. The molecule has 0 unspecified atom stereocenters. The van der Waals surface area contributed by atoms with Crippen molar-refractivity contribution in [3.63, 3.8) is 0 Å². The van der Waals surface area contributed by atoms with Gasteiger partial charge in [-0.1, -0.05) is 0 Å². The minimum absolute atomic E-state index is 0.0423. The highest BCUT2D eigenvalue weighted by atomic mass is 19.3. The Morgan fingerprint density at radius 3 is 3.11 bits per heavy atom. The van der Waals surface area contributed by atoms with E-state index in [1.165, 1.54) is 0 Å². The number of carbonyl (C=O) groups is 1. The van der Waals surface area contributed by atoms with E-state index in [-0.39, 0.29) is 37.3 Å². The lowest BCUT2D eigenvalue weighted by Gasteiger charge is -2.35. The maximum atomic E-state index is 12.7. The Morgan fingerprint density at radius 2 is 2.37 bits per heavy atom. The zero-order valence-corrected chi connectivity index (χ0v) is 10.4. The standard InChI is InChI=1S/C12H16F2N4O/c13-12(14)4-8(5-12)17-11(19)3-10-7-15-6-9-1-2-16-18(9)10/h1-2,8,10,15H,3-7H2,(H,17,19)/t10-/m1/s1. The largest absolute Gasteiger partial charge is 0.353 e. The van der Waals surface area contributed by atoms with Crippen molar-refractivity contribution in [2.45, 2.75) is 43.8 Å². The first kappa shape index (κ1) is 12.5. The van der Waals surface area contributed by atoms with Crippen molar-refractivity contribution in [2.24, 2.45) is 0 Å². The van der Waals surface area contributed by atoms with Crippen LogP contribution in [0.1, 0.15) is 31.0 Å². The molecule has 5 nitrogen and oxygen atoms in total. The van der Waals surface area contributed by atoms with Crippen LogP contribution in [-0.4, -0.2) is 34.2 Å². The quantitative estimate of drug-likeness (QED) is 0.855. The number of halogens is 2. The second-order valence-electron chi connectivity index (χ2n) is 5.28. The second-order valence-corrected chi connectivity index (χ2v) is 5.28. The van der Waals surface area contributed by atoms with Crippen molar-refractivity contribution < 1.29 is 13.6 Å². The van der Waals surface area contributed by atoms with Gasteiger partial charge in [-0.2, -0.15) is 5.10 Å². The summed E-state index contributed by atoms with van der Waals surface area (Å²) in [7, 11) is 0. The Kier molecular flexibility index (Phi) is 3.00. The number of amides is 1. The van der Waals surface area contributed by atoms with E-state index < -0.39 is 5.92 Å². The number of hydrogen-bond acceptors (Lipinski definition) is 3. The molecular weight excluding hydrogens is 254 g/mol. The van der Waals surface area contributed by atoms with Crippen LogP contribution in [0.3, 0.4) is 0 Å². The number of carbonyl (C=O) groups excluding carboxylic acids is 1. The third-order valence-corrected chi connectivity index (χ3v) is 3.66. The summed E-state index contributed by atoms with van der Waals surface area (Å²) in [5.41, 5.74) is 1.04. The van der Waals surface area contributed by atoms with E-state index >= 15 is 0 Å². The van der Waals surface area contributed by atoms with E-state index in [4.69, 9.17) is 0 Å². The van der Waals surface area contributed by atoms with Crippen LogP contribution < -0.4 is 10.6 Å². The van der Waals surface area contributed by atoms with Crippen LogP contribution in [0.4, 0.5) is 8.78 Å². The predicted molar refractivity (Wildman–Crippen MR) is 63.7 cm³/mol. The molecule has 0 spiro atoms. The smallest absolute Gasteiger partial charge is 0.252 e. The molecule has 1 fully saturated rings. The molecule has 1 aromatic heterocycles. The fourth-order valence-corrected chi connectivity index (χ4v) is 2.69. The molecule has 0 bridgehead atoms. The zero-order valence-electron chi connectivity index (χ0n) is 10.4. The lowest BCUT2D eigenvalue weighted by Crippen LogP contribution is -2.51. The van der Waals surface area contributed by atoms with Gasteiger partial charge in [0.1, 0.15) is 0 Å². The molecule has 1 aliphatic carbocycles. The number of rotatable bonds is 3. The number of nitrogens with zero attached hydrogens (tertiary/aromatic N) is 2. The third-order valence-electron chi connectivity index (χ3n) is 3.66. The van der Waals surface area contributed by atoms with Crippen LogP contribution in [0.25, 0.3) is 0 Å². The molecule has 1 aliphatic heterocycles. The minimum Gasteiger partial charge on any atom is -0.353 e. The normalized spacial score (nSPS) is 25.5. The van der Waals surface area contributed by atoms with Gasteiger partial charge in [0.2, 0.25) is 5.91 Å². The topological polar surface area (TPSA) is 59.0 Å². The molecule has 0 saturated heterocycles. The van der Waals surface area contributed by atoms with Crippen LogP contribution in [0.15, 0.2) is 12.3 Å². The van der Waals surface area contributed by atoms with E-state index in [1.54, 1.807) is 6.20 Å².